The summed E-state index contributed by atoms with van der Waals surface area (Å²) >= 11 is 1.31. The van der Waals surface area contributed by atoms with E-state index in [1.54, 1.807) is 4.90 Å². The van der Waals surface area contributed by atoms with Crippen LogP contribution in [0.15, 0.2) is 53.4 Å². The molecular formula is C24H24N4O5S2. The zero-order chi connectivity index (χ0) is 24.6. The minimum absolute atomic E-state index is 0.137. The van der Waals surface area contributed by atoms with Crippen LogP contribution in [0.2, 0.25) is 0 Å². The number of hydrogen-bond acceptors (Lipinski definition) is 7. The molecule has 3 heterocycles. The Morgan fingerprint density at radius 1 is 1.06 bits per heavy atom. The van der Waals surface area contributed by atoms with Crippen molar-refractivity contribution in [3.05, 3.63) is 70.2 Å². The van der Waals surface area contributed by atoms with Gasteiger partial charge in [-0.05, 0) is 48.7 Å². The maximum absolute atomic E-state index is 13.3. The van der Waals surface area contributed by atoms with E-state index < -0.39 is 16.1 Å². The quantitative estimate of drug-likeness (QED) is 0.572. The second kappa shape index (κ2) is 9.31. The summed E-state index contributed by atoms with van der Waals surface area (Å²) < 4.78 is 32.8. The van der Waals surface area contributed by atoms with Crippen molar-refractivity contribution >= 4 is 44.2 Å². The Hall–Kier alpha value is -3.44. The lowest BCUT2D eigenvalue weighted by atomic mass is 10.0. The molecular weight excluding hydrogens is 488 g/mol. The van der Waals surface area contributed by atoms with Crippen LogP contribution in [-0.2, 0) is 34.1 Å². The Labute approximate surface area is 207 Å². The highest BCUT2D eigenvalue weighted by molar-refractivity contribution is 7.92. The maximum Gasteiger partial charge on any atom is 0.409 e. The summed E-state index contributed by atoms with van der Waals surface area (Å²) in [7, 11) is -2.40. The molecule has 0 fully saturated rings. The second-order valence-electron chi connectivity index (χ2n) is 8.32. The Kier molecular flexibility index (Phi) is 6.20. The summed E-state index contributed by atoms with van der Waals surface area (Å²) in [6, 6.07) is 13.5. The number of nitrogens with zero attached hydrogens (tertiary/aromatic N) is 3. The van der Waals surface area contributed by atoms with Crippen molar-refractivity contribution in [2.75, 3.05) is 29.8 Å². The topological polar surface area (TPSA) is 109 Å². The third kappa shape index (κ3) is 4.48. The van der Waals surface area contributed by atoms with Crippen molar-refractivity contribution in [2.45, 2.75) is 30.7 Å². The molecule has 11 heteroatoms. The summed E-state index contributed by atoms with van der Waals surface area (Å²) in [5.74, 6) is -0.381. The minimum atomic E-state index is -3.74. The van der Waals surface area contributed by atoms with E-state index in [9.17, 15) is 18.0 Å². The van der Waals surface area contributed by atoms with E-state index in [1.165, 1.54) is 47.0 Å². The first-order valence-electron chi connectivity index (χ1n) is 11.2. The predicted octanol–water partition coefficient (Wildman–Crippen LogP) is 3.66. The van der Waals surface area contributed by atoms with Crippen LogP contribution in [0.1, 0.15) is 32.9 Å². The highest BCUT2D eigenvalue weighted by Crippen LogP contribution is 2.32. The van der Waals surface area contributed by atoms with Gasteiger partial charge in [0, 0.05) is 30.0 Å². The molecule has 5 rings (SSSR count). The van der Waals surface area contributed by atoms with Gasteiger partial charge in [-0.1, -0.05) is 29.5 Å². The van der Waals surface area contributed by atoms with Gasteiger partial charge in [0.1, 0.15) is 0 Å². The molecule has 0 atom stereocenters. The first-order chi connectivity index (χ1) is 16.9. The Morgan fingerprint density at radius 2 is 1.83 bits per heavy atom. The zero-order valence-electron chi connectivity index (χ0n) is 19.1. The van der Waals surface area contributed by atoms with E-state index in [0.29, 0.717) is 42.4 Å². The number of thiazole rings is 1. The van der Waals surface area contributed by atoms with Crippen LogP contribution < -0.4 is 9.62 Å². The van der Waals surface area contributed by atoms with Crippen molar-refractivity contribution < 1.29 is 22.7 Å². The van der Waals surface area contributed by atoms with Crippen LogP contribution in [0, 0.1) is 0 Å². The molecule has 182 valence electrons. The average molecular weight is 513 g/mol. The third-order valence-corrected chi connectivity index (χ3v) is 8.98. The molecule has 1 N–H and O–H groups in total. The van der Waals surface area contributed by atoms with Crippen molar-refractivity contribution in [3.63, 3.8) is 0 Å². The Balaban J connectivity index is 1.30. The lowest BCUT2D eigenvalue weighted by Crippen LogP contribution is -2.35. The molecule has 2 aromatic carbocycles. The van der Waals surface area contributed by atoms with Gasteiger partial charge in [-0.2, -0.15) is 0 Å². The molecule has 3 aromatic rings. The van der Waals surface area contributed by atoms with Gasteiger partial charge in [-0.15, -0.1) is 0 Å². The molecule has 9 nitrogen and oxygen atoms in total. The fourth-order valence-electron chi connectivity index (χ4n) is 4.36. The number of aromatic nitrogens is 1. The molecule has 0 radical (unpaired) electrons. The highest BCUT2D eigenvalue weighted by Gasteiger charge is 2.29. The molecule has 0 aliphatic carbocycles. The van der Waals surface area contributed by atoms with Gasteiger partial charge in [0.2, 0.25) is 0 Å². The van der Waals surface area contributed by atoms with E-state index in [-0.39, 0.29) is 10.8 Å². The molecule has 2 amide bonds. The van der Waals surface area contributed by atoms with Crippen LogP contribution in [-0.4, -0.2) is 50.5 Å². The van der Waals surface area contributed by atoms with E-state index in [1.807, 2.05) is 24.3 Å². The standard InChI is InChI=1S/C24H24N4O5S2/c1-33-24(30)27-14-12-19-21(15-27)34-23(25-19)26-22(29)17-8-10-18(11-9-17)35(31,32)28-13-4-6-16-5-2-3-7-20(16)28/h2-3,5,7-11H,4,6,12-15H2,1H3,(H,25,26,29). The van der Waals surface area contributed by atoms with Gasteiger partial charge >= 0.3 is 6.09 Å². The largest absolute Gasteiger partial charge is 0.453 e. The number of para-hydroxylation sites is 1. The first kappa shape index (κ1) is 23.3. The normalized spacial score (nSPS) is 15.2. The van der Waals surface area contributed by atoms with Gasteiger partial charge in [-0.3, -0.25) is 14.4 Å². The number of carbonyl (C=O) groups excluding carboxylic acids is 2. The van der Waals surface area contributed by atoms with Crippen molar-refractivity contribution in [1.82, 2.24) is 9.88 Å². The van der Waals surface area contributed by atoms with Crippen molar-refractivity contribution in [1.29, 1.82) is 0 Å². The number of nitrogens with one attached hydrogen (secondary N) is 1. The smallest absolute Gasteiger partial charge is 0.409 e. The number of ether oxygens (including phenoxy) is 1. The van der Waals surface area contributed by atoms with E-state index in [2.05, 4.69) is 10.3 Å². The van der Waals surface area contributed by atoms with Crippen LogP contribution in [0.5, 0.6) is 0 Å². The molecule has 0 unspecified atom stereocenters. The van der Waals surface area contributed by atoms with Gasteiger partial charge in [0.05, 0.1) is 29.9 Å². The lowest BCUT2D eigenvalue weighted by molar-refractivity contribution is 0.102. The molecule has 0 bridgehead atoms. The summed E-state index contributed by atoms with van der Waals surface area (Å²) in [5, 5.41) is 3.22. The molecule has 0 saturated heterocycles. The molecule has 0 spiro atoms. The van der Waals surface area contributed by atoms with Crippen LogP contribution in [0.3, 0.4) is 0 Å². The highest BCUT2D eigenvalue weighted by atomic mass is 32.2. The minimum Gasteiger partial charge on any atom is -0.453 e. The van der Waals surface area contributed by atoms with Gasteiger partial charge < -0.3 is 9.64 Å². The molecule has 1 aromatic heterocycles. The van der Waals surface area contributed by atoms with Crippen LogP contribution in [0.4, 0.5) is 15.6 Å². The maximum atomic E-state index is 13.3. The summed E-state index contributed by atoms with van der Waals surface area (Å²) in [5.41, 5.74) is 2.90. The fourth-order valence-corrected chi connectivity index (χ4v) is 6.92. The molecule has 2 aliphatic heterocycles. The summed E-state index contributed by atoms with van der Waals surface area (Å²) in [6.45, 7) is 1.32. The number of anilines is 2. The monoisotopic (exact) mass is 512 g/mol. The number of carbonyl (C=O) groups is 2. The summed E-state index contributed by atoms with van der Waals surface area (Å²) in [4.78, 5) is 31.7. The average Bonchev–Trinajstić information content (AvgIpc) is 3.29. The fraction of sp³-hybridized carbons (Fsp3) is 0.292. The van der Waals surface area contributed by atoms with Crippen LogP contribution in [0.25, 0.3) is 0 Å². The number of amides is 2. The van der Waals surface area contributed by atoms with E-state index >= 15 is 0 Å². The first-order valence-corrected chi connectivity index (χ1v) is 13.5. The van der Waals surface area contributed by atoms with E-state index in [4.69, 9.17) is 4.74 Å². The third-order valence-electron chi connectivity index (χ3n) is 6.16. The number of methoxy groups -OCH3 is 1. The number of rotatable bonds is 4. The number of benzene rings is 2. The van der Waals surface area contributed by atoms with Crippen molar-refractivity contribution in [2.24, 2.45) is 0 Å². The van der Waals surface area contributed by atoms with Gasteiger partial charge in [-0.25, -0.2) is 18.2 Å². The van der Waals surface area contributed by atoms with Crippen molar-refractivity contribution in [3.8, 4) is 0 Å². The molecule has 2 aliphatic rings. The predicted molar refractivity (Wildman–Crippen MR) is 132 cm³/mol. The molecule has 35 heavy (non-hydrogen) atoms. The van der Waals surface area contributed by atoms with Gasteiger partial charge in [0.15, 0.2) is 5.13 Å². The Morgan fingerprint density at radius 3 is 2.60 bits per heavy atom. The SMILES string of the molecule is COC(=O)N1CCc2nc(NC(=O)c3ccc(S(=O)(=O)N4CCCc5ccccc54)cc3)sc2C1. The second-order valence-corrected chi connectivity index (χ2v) is 11.3. The molecule has 0 saturated carbocycles. The number of hydrogen-bond donors (Lipinski definition) is 1. The number of aryl methyl sites for hydroxylation is 1. The lowest BCUT2D eigenvalue weighted by Gasteiger charge is -2.30. The zero-order valence-corrected chi connectivity index (χ0v) is 20.7. The van der Waals surface area contributed by atoms with Crippen LogP contribution >= 0.6 is 11.3 Å². The summed E-state index contributed by atoms with van der Waals surface area (Å²) in [6.07, 6.45) is 1.80. The van der Waals surface area contributed by atoms with E-state index in [0.717, 1.165) is 29.0 Å². The number of sulfonamides is 1. The van der Waals surface area contributed by atoms with Gasteiger partial charge in [0.25, 0.3) is 15.9 Å². The Bertz CT molecular complexity index is 1390. The number of fused-ring (bicyclic) bond motifs is 2.